The van der Waals surface area contributed by atoms with Gasteiger partial charge in [-0.05, 0) is 69.5 Å². The summed E-state index contributed by atoms with van der Waals surface area (Å²) < 4.78 is 6.17. The largest absolute Gasteiger partial charge is 0.309 e. The first-order chi connectivity index (χ1) is 16.3. The fraction of sp³-hybridized carbons (Fsp3) is 0. The topological polar surface area (TPSA) is 4.93 Å². The fourth-order valence-corrected chi connectivity index (χ4v) is 7.03. The number of rotatable bonds is 2. The highest BCUT2D eigenvalue weighted by Crippen LogP contribution is 2.43. The normalized spacial score (nSPS) is 11.8. The lowest BCUT2D eigenvalue weighted by atomic mass is 10.0. The van der Waals surface area contributed by atoms with Gasteiger partial charge in [-0.3, -0.25) is 0 Å². The van der Waals surface area contributed by atoms with Crippen LogP contribution in [0, 0.1) is 0 Å². The van der Waals surface area contributed by atoms with Gasteiger partial charge in [0.25, 0.3) is 0 Å². The van der Waals surface area contributed by atoms with Crippen molar-refractivity contribution >= 4 is 69.2 Å². The third-order valence-electron chi connectivity index (χ3n) is 6.48. The molecule has 3 heteroatoms. The summed E-state index contributed by atoms with van der Waals surface area (Å²) in [6.07, 6.45) is 0. The van der Waals surface area contributed by atoms with Crippen LogP contribution in [-0.4, -0.2) is 4.57 Å². The van der Waals surface area contributed by atoms with E-state index in [1.807, 2.05) is 11.3 Å². The lowest BCUT2D eigenvalue weighted by molar-refractivity contribution is 1.18. The highest BCUT2D eigenvalue weighted by Gasteiger charge is 2.16. The molecule has 2 aromatic heterocycles. The van der Waals surface area contributed by atoms with Crippen molar-refractivity contribution in [2.45, 2.75) is 0 Å². The molecule has 0 radical (unpaired) electrons. The molecule has 0 amide bonds. The van der Waals surface area contributed by atoms with E-state index in [4.69, 9.17) is 0 Å². The highest BCUT2D eigenvalue weighted by atomic mass is 79.9. The van der Waals surface area contributed by atoms with Crippen LogP contribution < -0.4 is 0 Å². The van der Waals surface area contributed by atoms with Gasteiger partial charge in [-0.25, -0.2) is 0 Å². The molecule has 7 rings (SSSR count). The minimum atomic E-state index is 1.17. The van der Waals surface area contributed by atoms with Gasteiger partial charge in [0.15, 0.2) is 0 Å². The van der Waals surface area contributed by atoms with E-state index in [0.717, 1.165) is 0 Å². The van der Waals surface area contributed by atoms with Crippen molar-refractivity contribution in [1.82, 2.24) is 4.57 Å². The Kier molecular flexibility index (Phi) is 4.23. The van der Waals surface area contributed by atoms with Gasteiger partial charge in [-0.1, -0.05) is 66.7 Å². The fourth-order valence-electron chi connectivity index (χ4n) is 4.99. The summed E-state index contributed by atoms with van der Waals surface area (Å²) >= 11 is 5.83. The second-order valence-electron chi connectivity index (χ2n) is 8.32. The molecule has 0 bridgehead atoms. The maximum atomic E-state index is 3.98. The molecule has 0 unspecified atom stereocenters. The predicted molar refractivity (Wildman–Crippen MR) is 147 cm³/mol. The molecule has 0 aliphatic heterocycles. The minimum absolute atomic E-state index is 1.17. The van der Waals surface area contributed by atoms with Crippen LogP contribution in [0.25, 0.3) is 58.8 Å². The van der Waals surface area contributed by atoms with Crippen molar-refractivity contribution < 1.29 is 0 Å². The van der Waals surface area contributed by atoms with E-state index < -0.39 is 0 Å². The number of halogens is 1. The summed E-state index contributed by atoms with van der Waals surface area (Å²) in [5.74, 6) is 0. The van der Waals surface area contributed by atoms with Crippen LogP contribution in [0.15, 0.2) is 114 Å². The number of aromatic nitrogens is 1. The van der Waals surface area contributed by atoms with Gasteiger partial charge in [-0.15, -0.1) is 11.3 Å². The first-order valence-corrected chi connectivity index (χ1v) is 12.6. The molecule has 156 valence electrons. The molecular weight excluding hydrogens is 486 g/mol. The molecule has 0 atom stereocenters. The van der Waals surface area contributed by atoms with Gasteiger partial charge in [0, 0.05) is 41.1 Å². The molecule has 0 N–H and O–H groups in total. The summed E-state index contributed by atoms with van der Waals surface area (Å²) in [4.78, 5) is 0. The van der Waals surface area contributed by atoms with Crippen LogP contribution in [-0.2, 0) is 0 Å². The summed E-state index contributed by atoms with van der Waals surface area (Å²) in [7, 11) is 0. The van der Waals surface area contributed by atoms with Crippen LogP contribution in [0.5, 0.6) is 0 Å². The van der Waals surface area contributed by atoms with Crippen LogP contribution in [0.3, 0.4) is 0 Å². The van der Waals surface area contributed by atoms with Gasteiger partial charge < -0.3 is 4.57 Å². The molecule has 2 heterocycles. The highest BCUT2D eigenvalue weighted by molar-refractivity contribution is 9.10. The number of thiophene rings is 1. The molecule has 0 saturated heterocycles. The first kappa shape index (κ1) is 19.1. The summed E-state index contributed by atoms with van der Waals surface area (Å²) in [5, 5.41) is 5.17. The van der Waals surface area contributed by atoms with Crippen molar-refractivity contribution in [3.63, 3.8) is 0 Å². The van der Waals surface area contributed by atoms with E-state index in [9.17, 15) is 0 Å². The zero-order chi connectivity index (χ0) is 21.9. The Morgan fingerprint density at radius 2 is 1.30 bits per heavy atom. The van der Waals surface area contributed by atoms with Gasteiger partial charge in [-0.2, -0.15) is 0 Å². The van der Waals surface area contributed by atoms with Gasteiger partial charge in [0.05, 0.1) is 11.0 Å². The quantitative estimate of drug-likeness (QED) is 0.221. The van der Waals surface area contributed by atoms with Crippen LogP contribution >= 0.6 is 27.3 Å². The molecule has 7 aromatic rings. The number of nitrogens with zero attached hydrogens (tertiary/aromatic N) is 1. The zero-order valence-electron chi connectivity index (χ0n) is 17.6. The average molecular weight is 504 g/mol. The van der Waals surface area contributed by atoms with Crippen molar-refractivity contribution in [3.05, 3.63) is 114 Å². The second kappa shape index (κ2) is 7.31. The Morgan fingerprint density at radius 1 is 0.576 bits per heavy atom. The molecule has 33 heavy (non-hydrogen) atoms. The van der Waals surface area contributed by atoms with Crippen LogP contribution in [0.2, 0.25) is 0 Å². The third-order valence-corrected chi connectivity index (χ3v) is 8.44. The molecule has 0 aliphatic rings. The number of hydrogen-bond acceptors (Lipinski definition) is 1. The monoisotopic (exact) mass is 503 g/mol. The Hall–Kier alpha value is -3.40. The lowest BCUT2D eigenvalue weighted by Crippen LogP contribution is -1.92. The number of hydrogen-bond donors (Lipinski definition) is 0. The second-order valence-corrected chi connectivity index (χ2v) is 10.2. The Labute approximate surface area is 203 Å². The van der Waals surface area contributed by atoms with E-state index in [2.05, 4.69) is 130 Å². The summed E-state index contributed by atoms with van der Waals surface area (Å²) in [6, 6.07) is 39.3. The molecule has 0 aliphatic carbocycles. The Bertz CT molecular complexity index is 1830. The maximum absolute atomic E-state index is 3.98. The van der Waals surface area contributed by atoms with Crippen LogP contribution in [0.1, 0.15) is 0 Å². The number of para-hydroxylation sites is 2. The maximum Gasteiger partial charge on any atom is 0.0541 e. The molecule has 0 spiro atoms. The van der Waals surface area contributed by atoms with Gasteiger partial charge in [0.2, 0.25) is 0 Å². The number of fused-ring (bicyclic) bond motifs is 6. The smallest absolute Gasteiger partial charge is 0.0541 e. The lowest BCUT2D eigenvalue weighted by Gasteiger charge is -2.09. The molecule has 5 aromatic carbocycles. The summed E-state index contributed by atoms with van der Waals surface area (Å²) in [5.41, 5.74) is 6.09. The van der Waals surface area contributed by atoms with E-state index in [1.165, 1.54) is 63.3 Å². The molecule has 0 saturated carbocycles. The van der Waals surface area contributed by atoms with Crippen molar-refractivity contribution in [1.29, 1.82) is 0 Å². The number of benzene rings is 5. The molecule has 0 fully saturated rings. The SMILES string of the molecule is Brc1c(-c2ccc3c(c2)c2ccccc2n3-c2ccccc2)ccc2sc3ccccc3c12. The van der Waals surface area contributed by atoms with E-state index in [-0.39, 0.29) is 0 Å². The first-order valence-electron chi connectivity index (χ1n) is 11.0. The average Bonchev–Trinajstić information content (AvgIpc) is 3.41. The standard InChI is InChI=1S/C30H18BrNS/c31-30-21(15-17-28-29(30)23-11-5-7-13-27(23)33-28)19-14-16-26-24(18-19)22-10-4-6-12-25(22)32(26)20-8-2-1-3-9-20/h1-18H. The molecular formula is C30H18BrNS. The van der Waals surface area contributed by atoms with Crippen molar-refractivity contribution in [2.75, 3.05) is 0 Å². The van der Waals surface area contributed by atoms with Crippen molar-refractivity contribution in [2.24, 2.45) is 0 Å². The predicted octanol–water partition coefficient (Wildman–Crippen LogP) is 9.58. The van der Waals surface area contributed by atoms with E-state index in [1.54, 1.807) is 0 Å². The van der Waals surface area contributed by atoms with Gasteiger partial charge >= 0.3 is 0 Å². The summed E-state index contributed by atoms with van der Waals surface area (Å²) in [6.45, 7) is 0. The van der Waals surface area contributed by atoms with E-state index in [0.29, 0.717) is 0 Å². The Balaban J connectivity index is 1.52. The minimum Gasteiger partial charge on any atom is -0.309 e. The van der Waals surface area contributed by atoms with E-state index >= 15 is 0 Å². The zero-order valence-corrected chi connectivity index (χ0v) is 20.0. The molecule has 1 nitrogen and oxygen atoms in total. The third kappa shape index (κ3) is 2.83. The van der Waals surface area contributed by atoms with Crippen molar-refractivity contribution in [3.8, 4) is 16.8 Å². The van der Waals surface area contributed by atoms with Crippen LogP contribution in [0.4, 0.5) is 0 Å². The Morgan fingerprint density at radius 3 is 2.18 bits per heavy atom. The van der Waals surface area contributed by atoms with Gasteiger partial charge in [0.1, 0.15) is 0 Å².